The maximum atomic E-state index is 12.5. The Balaban J connectivity index is 1.95. The quantitative estimate of drug-likeness (QED) is 0.768. The number of ether oxygens (including phenoxy) is 3. The van der Waals surface area contributed by atoms with Gasteiger partial charge in [-0.1, -0.05) is 0 Å². The van der Waals surface area contributed by atoms with E-state index in [1.165, 1.54) is 0 Å². The molecule has 7 nitrogen and oxygen atoms in total. The van der Waals surface area contributed by atoms with Gasteiger partial charge in [0.05, 0.1) is 51.2 Å². The molecule has 1 saturated heterocycles. The zero-order valence-corrected chi connectivity index (χ0v) is 16.0. The molecule has 0 N–H and O–H groups in total. The van der Waals surface area contributed by atoms with Gasteiger partial charge in [0.15, 0.2) is 11.5 Å². The Morgan fingerprint density at radius 1 is 1.08 bits per heavy atom. The number of hydrogen-bond acceptors (Lipinski definition) is 7. The fourth-order valence-corrected chi connectivity index (χ4v) is 4.01. The Morgan fingerprint density at radius 2 is 1.77 bits per heavy atom. The van der Waals surface area contributed by atoms with E-state index in [0.29, 0.717) is 29.5 Å². The van der Waals surface area contributed by atoms with Crippen LogP contribution in [0.5, 0.6) is 17.2 Å². The van der Waals surface area contributed by atoms with E-state index in [9.17, 15) is 4.79 Å². The minimum absolute atomic E-state index is 0.0548. The Kier molecular flexibility index (Phi) is 5.51. The van der Waals surface area contributed by atoms with Gasteiger partial charge in [0.25, 0.3) is 0 Å². The Morgan fingerprint density at radius 3 is 2.38 bits per heavy atom. The molecule has 1 atom stereocenters. The van der Waals surface area contributed by atoms with Crippen molar-refractivity contribution in [3.05, 3.63) is 41.5 Å². The summed E-state index contributed by atoms with van der Waals surface area (Å²) in [5.74, 6) is 2.28. The molecule has 2 heterocycles. The van der Waals surface area contributed by atoms with Crippen molar-refractivity contribution in [2.75, 3.05) is 27.1 Å². The third kappa shape index (κ3) is 3.55. The highest BCUT2D eigenvalue weighted by Gasteiger charge is 2.35. The van der Waals surface area contributed by atoms with Gasteiger partial charge in [0.2, 0.25) is 5.91 Å². The van der Waals surface area contributed by atoms with Crippen LogP contribution >= 0.6 is 11.8 Å². The number of aryl methyl sites for hydroxylation is 1. The maximum Gasteiger partial charge on any atom is 0.234 e. The third-order valence-corrected chi connectivity index (χ3v) is 5.37. The maximum absolute atomic E-state index is 12.5. The zero-order valence-electron chi connectivity index (χ0n) is 15.2. The number of thioether (sulfide) groups is 1. The molecular weight excluding hydrogens is 354 g/mol. The van der Waals surface area contributed by atoms with Crippen LogP contribution in [-0.4, -0.2) is 47.9 Å². The fraction of sp³-hybridized carbons (Fsp3) is 0.389. The molecule has 0 spiro atoms. The summed E-state index contributed by atoms with van der Waals surface area (Å²) in [6, 6.07) is 3.64. The van der Waals surface area contributed by atoms with Gasteiger partial charge < -0.3 is 19.1 Å². The molecule has 0 radical (unpaired) electrons. The molecule has 1 aromatic heterocycles. The minimum Gasteiger partial charge on any atom is -0.496 e. The van der Waals surface area contributed by atoms with Crippen molar-refractivity contribution in [1.29, 1.82) is 0 Å². The zero-order chi connectivity index (χ0) is 18.7. The molecule has 2 aromatic rings. The van der Waals surface area contributed by atoms with Crippen LogP contribution in [0.15, 0.2) is 24.5 Å². The van der Waals surface area contributed by atoms with Crippen LogP contribution in [0, 0.1) is 6.92 Å². The molecule has 0 bridgehead atoms. The normalized spacial score (nSPS) is 16.7. The molecule has 3 rings (SSSR count). The Bertz CT molecular complexity index is 798. The van der Waals surface area contributed by atoms with E-state index in [1.54, 1.807) is 56.5 Å². The van der Waals surface area contributed by atoms with Gasteiger partial charge in [-0.05, 0) is 13.0 Å². The summed E-state index contributed by atoms with van der Waals surface area (Å²) in [4.78, 5) is 22.9. The van der Waals surface area contributed by atoms with Gasteiger partial charge in [0, 0.05) is 17.8 Å². The van der Waals surface area contributed by atoms with Gasteiger partial charge in [-0.2, -0.15) is 0 Å². The average molecular weight is 375 g/mol. The number of aromatic nitrogens is 2. The number of nitrogens with zero attached hydrogens (tertiary/aromatic N) is 3. The molecule has 138 valence electrons. The first-order valence-electron chi connectivity index (χ1n) is 8.06. The number of methoxy groups -OCH3 is 3. The molecule has 1 amide bonds. The average Bonchev–Trinajstić information content (AvgIpc) is 3.02. The monoisotopic (exact) mass is 375 g/mol. The van der Waals surface area contributed by atoms with Gasteiger partial charge in [-0.3, -0.25) is 14.8 Å². The highest BCUT2D eigenvalue weighted by Crippen LogP contribution is 2.46. The lowest BCUT2D eigenvalue weighted by Crippen LogP contribution is -2.28. The number of hydrogen-bond donors (Lipinski definition) is 0. The van der Waals surface area contributed by atoms with Crippen molar-refractivity contribution in [3.8, 4) is 17.2 Å². The summed E-state index contributed by atoms with van der Waals surface area (Å²) in [6.45, 7) is 2.27. The van der Waals surface area contributed by atoms with E-state index < -0.39 is 0 Å². The molecule has 1 aliphatic rings. The lowest BCUT2D eigenvalue weighted by atomic mass is 10.1. The van der Waals surface area contributed by atoms with Crippen LogP contribution in [0.25, 0.3) is 0 Å². The van der Waals surface area contributed by atoms with Gasteiger partial charge in [0.1, 0.15) is 11.1 Å². The van der Waals surface area contributed by atoms with E-state index in [4.69, 9.17) is 14.2 Å². The van der Waals surface area contributed by atoms with E-state index in [0.717, 1.165) is 17.0 Å². The second kappa shape index (κ2) is 7.82. The first-order chi connectivity index (χ1) is 12.6. The van der Waals surface area contributed by atoms with Gasteiger partial charge >= 0.3 is 0 Å². The highest BCUT2D eigenvalue weighted by atomic mass is 32.2. The summed E-state index contributed by atoms with van der Waals surface area (Å²) >= 11 is 1.55. The number of carbonyl (C=O) groups excluding carboxylic acids is 1. The van der Waals surface area contributed by atoms with E-state index in [2.05, 4.69) is 9.97 Å². The van der Waals surface area contributed by atoms with E-state index >= 15 is 0 Å². The third-order valence-electron chi connectivity index (χ3n) is 4.14. The molecular formula is C18H21N3O4S. The SMILES string of the molecule is COc1cc(OC)c(C2SCC(=O)N2Cc2cnc(C)cn2)cc1OC. The molecule has 8 heteroatoms. The predicted molar refractivity (Wildman–Crippen MR) is 98.6 cm³/mol. The number of amides is 1. The first kappa shape index (κ1) is 18.3. The summed E-state index contributed by atoms with van der Waals surface area (Å²) in [7, 11) is 4.76. The van der Waals surface area contributed by atoms with Crippen LogP contribution in [0.4, 0.5) is 0 Å². The lowest BCUT2D eigenvalue weighted by Gasteiger charge is -2.26. The topological polar surface area (TPSA) is 73.8 Å². The van der Waals surface area contributed by atoms with Crippen LogP contribution in [0.2, 0.25) is 0 Å². The molecule has 1 unspecified atom stereocenters. The first-order valence-corrected chi connectivity index (χ1v) is 9.10. The van der Waals surface area contributed by atoms with Crippen LogP contribution < -0.4 is 14.2 Å². The van der Waals surface area contributed by atoms with Crippen molar-refractivity contribution >= 4 is 17.7 Å². The molecule has 0 aliphatic carbocycles. The van der Waals surface area contributed by atoms with Crippen LogP contribution in [0.1, 0.15) is 22.3 Å². The Labute approximate surface area is 156 Å². The Hall–Kier alpha value is -2.48. The van der Waals surface area contributed by atoms with Crippen LogP contribution in [-0.2, 0) is 11.3 Å². The van der Waals surface area contributed by atoms with Gasteiger partial charge in [-0.25, -0.2) is 0 Å². The second-order valence-corrected chi connectivity index (χ2v) is 6.85. The molecule has 1 fully saturated rings. The van der Waals surface area contributed by atoms with Gasteiger partial charge in [-0.15, -0.1) is 11.8 Å². The van der Waals surface area contributed by atoms with E-state index in [1.807, 2.05) is 13.0 Å². The fourth-order valence-electron chi connectivity index (χ4n) is 2.80. The standard InChI is InChI=1S/C18H21N3O4S/c1-11-7-20-12(8-19-11)9-21-17(22)10-26-18(21)13-5-15(24-3)16(25-4)6-14(13)23-2/h5-8,18H,9-10H2,1-4H3. The molecule has 0 saturated carbocycles. The summed E-state index contributed by atoms with van der Waals surface area (Å²) in [5, 5.41) is -0.194. The number of carbonyl (C=O) groups is 1. The number of benzene rings is 1. The summed E-state index contributed by atoms with van der Waals surface area (Å²) in [5.41, 5.74) is 2.45. The molecule has 1 aromatic carbocycles. The van der Waals surface area contributed by atoms with Crippen molar-refractivity contribution in [3.63, 3.8) is 0 Å². The molecule has 1 aliphatic heterocycles. The van der Waals surface area contributed by atoms with E-state index in [-0.39, 0.29) is 11.3 Å². The highest BCUT2D eigenvalue weighted by molar-refractivity contribution is 8.00. The number of rotatable bonds is 6. The van der Waals surface area contributed by atoms with Crippen molar-refractivity contribution in [2.45, 2.75) is 18.8 Å². The van der Waals surface area contributed by atoms with Crippen molar-refractivity contribution in [1.82, 2.24) is 14.9 Å². The van der Waals surface area contributed by atoms with Crippen LogP contribution in [0.3, 0.4) is 0 Å². The van der Waals surface area contributed by atoms with Crippen molar-refractivity contribution in [2.24, 2.45) is 0 Å². The van der Waals surface area contributed by atoms with Crippen molar-refractivity contribution < 1.29 is 19.0 Å². The predicted octanol–water partition coefficient (Wildman–Crippen LogP) is 2.59. The second-order valence-electron chi connectivity index (χ2n) is 5.78. The largest absolute Gasteiger partial charge is 0.496 e. The smallest absolute Gasteiger partial charge is 0.234 e. The minimum atomic E-state index is -0.194. The summed E-state index contributed by atoms with van der Waals surface area (Å²) < 4.78 is 16.3. The lowest BCUT2D eigenvalue weighted by molar-refractivity contribution is -0.128. The summed E-state index contributed by atoms with van der Waals surface area (Å²) in [6.07, 6.45) is 3.41. The molecule has 26 heavy (non-hydrogen) atoms.